The zero-order chi connectivity index (χ0) is 15.7. The Hall–Kier alpha value is -0.960. The predicted octanol–water partition coefficient (Wildman–Crippen LogP) is 0.611. The number of sulfonamides is 1. The van der Waals surface area contributed by atoms with Gasteiger partial charge in [0.1, 0.15) is 0 Å². The van der Waals surface area contributed by atoms with Crippen molar-refractivity contribution in [3.05, 3.63) is 11.8 Å². The summed E-state index contributed by atoms with van der Waals surface area (Å²) in [6.45, 7) is 7.07. The average molecular weight is 316 g/mol. The number of aromatic nitrogens is 2. The highest BCUT2D eigenvalue weighted by molar-refractivity contribution is 7.89. The van der Waals surface area contributed by atoms with Gasteiger partial charge in [-0.25, -0.2) is 13.1 Å². The molecule has 0 saturated heterocycles. The Morgan fingerprint density at radius 3 is 2.81 bits per heavy atom. The Balaban J connectivity index is 2.11. The Kier molecular flexibility index (Phi) is 4.72. The van der Waals surface area contributed by atoms with E-state index in [9.17, 15) is 8.42 Å². The van der Waals surface area contributed by atoms with Gasteiger partial charge in [-0.1, -0.05) is 13.8 Å². The van der Waals surface area contributed by atoms with Crippen molar-refractivity contribution < 1.29 is 13.2 Å². The number of ether oxygens (including phenoxy) is 1. The minimum atomic E-state index is -3.60. The van der Waals surface area contributed by atoms with Crippen molar-refractivity contribution in [1.82, 2.24) is 20.2 Å². The first-order chi connectivity index (χ1) is 9.82. The van der Waals surface area contributed by atoms with Crippen LogP contribution in [-0.4, -0.2) is 44.4 Å². The molecule has 8 heteroatoms. The highest BCUT2D eigenvalue weighted by Gasteiger charge is 2.50. The Labute approximate surface area is 125 Å². The second kappa shape index (κ2) is 6.04. The number of nitrogens with zero attached hydrogens (tertiary/aromatic N) is 1. The highest BCUT2D eigenvalue weighted by atomic mass is 32.2. The summed E-state index contributed by atoms with van der Waals surface area (Å²) in [5.74, 6) is 0. The number of hydrogen-bond acceptors (Lipinski definition) is 5. The van der Waals surface area contributed by atoms with Crippen LogP contribution in [0.15, 0.2) is 11.2 Å². The zero-order valence-electron chi connectivity index (χ0n) is 12.9. The molecule has 2 atom stereocenters. The number of H-pyrrole nitrogens is 1. The van der Waals surface area contributed by atoms with E-state index in [1.807, 2.05) is 20.8 Å². The molecule has 1 heterocycles. The van der Waals surface area contributed by atoms with Gasteiger partial charge >= 0.3 is 0 Å². The molecule has 21 heavy (non-hydrogen) atoms. The molecule has 1 aliphatic rings. The van der Waals surface area contributed by atoms with Gasteiger partial charge in [-0.2, -0.15) is 5.10 Å². The van der Waals surface area contributed by atoms with E-state index in [-0.39, 0.29) is 22.6 Å². The van der Waals surface area contributed by atoms with Crippen LogP contribution in [0.4, 0.5) is 0 Å². The minimum Gasteiger partial charge on any atom is -0.378 e. The second-order valence-electron chi connectivity index (χ2n) is 5.93. The van der Waals surface area contributed by atoms with Crippen molar-refractivity contribution in [2.75, 3.05) is 13.7 Å². The minimum absolute atomic E-state index is 0.0914. The topological polar surface area (TPSA) is 96.1 Å². The van der Waals surface area contributed by atoms with Crippen molar-refractivity contribution in [3.63, 3.8) is 0 Å². The Morgan fingerprint density at radius 2 is 2.24 bits per heavy atom. The predicted molar refractivity (Wildman–Crippen MR) is 79.3 cm³/mol. The summed E-state index contributed by atoms with van der Waals surface area (Å²) in [6.07, 6.45) is 2.31. The molecule has 0 aliphatic heterocycles. The van der Waals surface area contributed by atoms with Gasteiger partial charge in [-0.15, -0.1) is 0 Å². The fourth-order valence-electron chi connectivity index (χ4n) is 2.66. The standard InChI is InChI=1S/C13H24N4O3S/c1-5-20-11-6-10(13(11,2)3)17-21(18,19)12-9(7-14-4)8-15-16-12/h8,10-11,14,17H,5-7H2,1-4H3,(H,15,16). The molecule has 1 fully saturated rings. The molecule has 1 saturated carbocycles. The first-order valence-electron chi connectivity index (χ1n) is 7.13. The van der Waals surface area contributed by atoms with Crippen LogP contribution in [0.3, 0.4) is 0 Å². The number of rotatable bonds is 7. The number of hydrogen-bond donors (Lipinski definition) is 3. The quantitative estimate of drug-likeness (QED) is 0.685. The van der Waals surface area contributed by atoms with Gasteiger partial charge < -0.3 is 10.1 Å². The highest BCUT2D eigenvalue weighted by Crippen LogP contribution is 2.43. The summed E-state index contributed by atoms with van der Waals surface area (Å²) in [4.78, 5) is 0. The van der Waals surface area contributed by atoms with E-state index in [2.05, 4.69) is 20.2 Å². The van der Waals surface area contributed by atoms with Gasteiger partial charge in [-0.3, -0.25) is 5.10 Å². The average Bonchev–Trinajstić information content (AvgIpc) is 2.87. The van der Waals surface area contributed by atoms with Gasteiger partial charge in [0.15, 0.2) is 5.03 Å². The molecule has 0 amide bonds. The summed E-state index contributed by atoms with van der Waals surface area (Å²) in [7, 11) is -1.84. The summed E-state index contributed by atoms with van der Waals surface area (Å²) in [5, 5.41) is 9.47. The molecule has 2 rings (SSSR count). The van der Waals surface area contributed by atoms with E-state index in [4.69, 9.17) is 4.74 Å². The molecule has 0 spiro atoms. The van der Waals surface area contributed by atoms with Crippen molar-refractivity contribution >= 4 is 10.0 Å². The second-order valence-corrected chi connectivity index (χ2v) is 7.58. The number of nitrogens with one attached hydrogen (secondary N) is 3. The van der Waals surface area contributed by atoms with Gasteiger partial charge in [0.05, 0.1) is 12.3 Å². The van der Waals surface area contributed by atoms with Crippen molar-refractivity contribution in [3.8, 4) is 0 Å². The van der Waals surface area contributed by atoms with Crippen LogP contribution < -0.4 is 10.0 Å². The first kappa shape index (κ1) is 16.4. The summed E-state index contributed by atoms with van der Waals surface area (Å²) in [6, 6.07) is -0.134. The lowest BCUT2D eigenvalue weighted by Crippen LogP contribution is -2.62. The largest absolute Gasteiger partial charge is 0.378 e. The van der Waals surface area contributed by atoms with Crippen LogP contribution in [0.2, 0.25) is 0 Å². The molecule has 0 bridgehead atoms. The molecule has 0 radical (unpaired) electrons. The Bertz CT molecular complexity index is 582. The molecule has 120 valence electrons. The monoisotopic (exact) mass is 316 g/mol. The van der Waals surface area contributed by atoms with E-state index < -0.39 is 10.0 Å². The normalized spacial score (nSPS) is 24.8. The zero-order valence-corrected chi connectivity index (χ0v) is 13.8. The molecule has 0 aromatic carbocycles. The first-order valence-corrected chi connectivity index (χ1v) is 8.62. The van der Waals surface area contributed by atoms with Crippen LogP contribution in [-0.2, 0) is 21.3 Å². The molecule has 1 aromatic rings. The molecule has 1 aliphatic carbocycles. The maximum absolute atomic E-state index is 12.5. The summed E-state index contributed by atoms with van der Waals surface area (Å²) >= 11 is 0. The van der Waals surface area contributed by atoms with Gasteiger partial charge in [0.2, 0.25) is 0 Å². The maximum Gasteiger partial charge on any atom is 0.258 e. The fourth-order valence-corrected chi connectivity index (χ4v) is 4.20. The van der Waals surface area contributed by atoms with E-state index in [1.54, 1.807) is 7.05 Å². The van der Waals surface area contributed by atoms with Gasteiger partial charge in [0, 0.05) is 30.2 Å². The molecule has 2 unspecified atom stereocenters. The van der Waals surface area contributed by atoms with Gasteiger partial charge in [-0.05, 0) is 20.4 Å². The molecule has 1 aromatic heterocycles. The Morgan fingerprint density at radius 1 is 1.52 bits per heavy atom. The van der Waals surface area contributed by atoms with E-state index >= 15 is 0 Å². The van der Waals surface area contributed by atoms with Crippen LogP contribution >= 0.6 is 0 Å². The summed E-state index contributed by atoms with van der Waals surface area (Å²) in [5.41, 5.74) is 0.412. The lowest BCUT2D eigenvalue weighted by atomic mass is 9.65. The molecular weight excluding hydrogens is 292 g/mol. The SMILES string of the molecule is CCOC1CC(NS(=O)(=O)c2[nH]ncc2CNC)C1(C)C. The van der Waals surface area contributed by atoms with Crippen LogP contribution in [0, 0.1) is 5.41 Å². The smallest absolute Gasteiger partial charge is 0.258 e. The van der Waals surface area contributed by atoms with Gasteiger partial charge in [0.25, 0.3) is 10.0 Å². The lowest BCUT2D eigenvalue weighted by Gasteiger charge is -2.51. The van der Waals surface area contributed by atoms with E-state index in [0.29, 0.717) is 25.1 Å². The number of aromatic amines is 1. The van der Waals surface area contributed by atoms with Crippen molar-refractivity contribution in [1.29, 1.82) is 0 Å². The molecular formula is C13H24N4O3S. The third-order valence-corrected chi connectivity index (χ3v) is 5.64. The van der Waals surface area contributed by atoms with Crippen molar-refractivity contribution in [2.24, 2.45) is 5.41 Å². The summed E-state index contributed by atoms with van der Waals surface area (Å²) < 4.78 is 33.4. The van der Waals surface area contributed by atoms with E-state index in [0.717, 1.165) is 0 Å². The van der Waals surface area contributed by atoms with Crippen LogP contribution in [0.1, 0.15) is 32.8 Å². The fraction of sp³-hybridized carbons (Fsp3) is 0.769. The maximum atomic E-state index is 12.5. The lowest BCUT2D eigenvalue weighted by molar-refractivity contribution is -0.108. The third-order valence-electron chi connectivity index (χ3n) is 4.16. The molecule has 7 nitrogen and oxygen atoms in total. The van der Waals surface area contributed by atoms with E-state index in [1.165, 1.54) is 6.20 Å². The van der Waals surface area contributed by atoms with Crippen molar-refractivity contribution in [2.45, 2.75) is 50.9 Å². The third kappa shape index (κ3) is 3.13. The molecule has 3 N–H and O–H groups in total. The van der Waals surface area contributed by atoms with Crippen LogP contribution in [0.25, 0.3) is 0 Å². The van der Waals surface area contributed by atoms with Crippen LogP contribution in [0.5, 0.6) is 0 Å².